The molecule has 12 nitrogen and oxygen atoms in total. The van der Waals surface area contributed by atoms with Crippen molar-refractivity contribution in [1.82, 2.24) is 15.5 Å². The molecule has 1 rings (SSSR count). The Morgan fingerprint density at radius 1 is 1.12 bits per heavy atom. The highest BCUT2D eigenvalue weighted by atomic mass is 16.4. The largest absolute Gasteiger partial charge is 0.480 e. The summed E-state index contributed by atoms with van der Waals surface area (Å²) in [6.45, 7) is 7.88. The van der Waals surface area contributed by atoms with Crippen LogP contribution >= 0.6 is 0 Å². The van der Waals surface area contributed by atoms with Crippen LogP contribution in [-0.4, -0.2) is 76.9 Å². The molecule has 12 heteroatoms. The third kappa shape index (κ3) is 8.47. The van der Waals surface area contributed by atoms with Crippen LogP contribution in [0.3, 0.4) is 0 Å². The number of guanidine groups is 1. The summed E-state index contributed by atoms with van der Waals surface area (Å²) in [4.78, 5) is 55.7. The number of hydrogen-bond donors (Lipinski definition) is 6. The molecule has 3 amide bonds. The van der Waals surface area contributed by atoms with Crippen molar-refractivity contribution in [3.8, 4) is 0 Å². The highest BCUT2D eigenvalue weighted by Crippen LogP contribution is 2.21. The molecule has 34 heavy (non-hydrogen) atoms. The van der Waals surface area contributed by atoms with E-state index >= 15 is 0 Å². The molecule has 1 aliphatic rings. The van der Waals surface area contributed by atoms with Crippen LogP contribution in [-0.2, 0) is 19.2 Å². The van der Waals surface area contributed by atoms with Gasteiger partial charge in [-0.05, 0) is 37.5 Å². The number of nitrogens with zero attached hydrogens (tertiary/aromatic N) is 2. The molecule has 0 aliphatic carbocycles. The number of nitrogens with one attached hydrogen (secondary N) is 2. The summed E-state index contributed by atoms with van der Waals surface area (Å²) in [5, 5.41) is 14.8. The molecule has 194 valence electrons. The van der Waals surface area contributed by atoms with Crippen LogP contribution in [0.15, 0.2) is 4.99 Å². The minimum atomic E-state index is -1.11. The van der Waals surface area contributed by atoms with Gasteiger partial charge >= 0.3 is 5.97 Å². The van der Waals surface area contributed by atoms with Gasteiger partial charge < -0.3 is 37.8 Å². The molecule has 1 fully saturated rings. The van der Waals surface area contributed by atoms with Crippen LogP contribution in [0.4, 0.5) is 0 Å². The number of rotatable bonds is 13. The zero-order valence-corrected chi connectivity index (χ0v) is 20.6. The number of aliphatic carboxylic acids is 1. The summed E-state index contributed by atoms with van der Waals surface area (Å²) < 4.78 is 0. The molecule has 0 bridgehead atoms. The Morgan fingerprint density at radius 3 is 2.29 bits per heavy atom. The monoisotopic (exact) mass is 483 g/mol. The minimum Gasteiger partial charge on any atom is -0.480 e. The van der Waals surface area contributed by atoms with Crippen LogP contribution < -0.4 is 27.8 Å². The fourth-order valence-electron chi connectivity index (χ4n) is 3.84. The van der Waals surface area contributed by atoms with Gasteiger partial charge in [-0.1, -0.05) is 34.1 Å². The fourth-order valence-corrected chi connectivity index (χ4v) is 3.84. The first-order chi connectivity index (χ1) is 15.9. The van der Waals surface area contributed by atoms with Gasteiger partial charge in [0.2, 0.25) is 17.7 Å². The van der Waals surface area contributed by atoms with Gasteiger partial charge in [0.25, 0.3) is 0 Å². The maximum absolute atomic E-state index is 13.3. The van der Waals surface area contributed by atoms with E-state index < -0.39 is 42.0 Å². The summed E-state index contributed by atoms with van der Waals surface area (Å²) in [7, 11) is 0. The van der Waals surface area contributed by atoms with Crippen LogP contribution in [0.5, 0.6) is 0 Å². The molecule has 5 atom stereocenters. The number of hydrogen-bond acceptors (Lipinski definition) is 6. The van der Waals surface area contributed by atoms with Gasteiger partial charge in [0.05, 0.1) is 6.04 Å². The number of aliphatic imine (C=N–C) groups is 1. The molecule has 0 saturated carbocycles. The second kappa shape index (κ2) is 13.7. The Hall–Kier alpha value is -2.89. The molecule has 0 aromatic heterocycles. The van der Waals surface area contributed by atoms with E-state index in [1.54, 1.807) is 20.8 Å². The van der Waals surface area contributed by atoms with Gasteiger partial charge in [-0.2, -0.15) is 0 Å². The second-order valence-electron chi connectivity index (χ2n) is 9.19. The van der Waals surface area contributed by atoms with Crippen LogP contribution in [0.1, 0.15) is 59.8 Å². The first kappa shape index (κ1) is 29.1. The number of nitrogens with two attached hydrogens (primary N) is 3. The lowest BCUT2D eigenvalue weighted by molar-refractivity contribution is -0.146. The van der Waals surface area contributed by atoms with Crippen molar-refractivity contribution in [1.29, 1.82) is 0 Å². The first-order valence-corrected chi connectivity index (χ1v) is 11.9. The van der Waals surface area contributed by atoms with E-state index in [0.717, 1.165) is 0 Å². The third-order valence-electron chi connectivity index (χ3n) is 6.15. The van der Waals surface area contributed by atoms with E-state index in [-0.39, 0.29) is 23.7 Å². The number of carbonyl (C=O) groups excluding carboxylic acids is 3. The zero-order valence-electron chi connectivity index (χ0n) is 20.6. The number of carboxylic acid groups (broad SMARTS) is 1. The number of amides is 3. The average Bonchev–Trinajstić information content (AvgIpc) is 3.26. The Labute approximate surface area is 201 Å². The lowest BCUT2D eigenvalue weighted by Gasteiger charge is -2.32. The highest BCUT2D eigenvalue weighted by molar-refractivity contribution is 5.94. The number of likely N-dealkylation sites (tertiary alicyclic amines) is 1. The molecule has 5 unspecified atom stereocenters. The van der Waals surface area contributed by atoms with Crippen LogP contribution in [0, 0.1) is 11.8 Å². The molecular weight excluding hydrogens is 442 g/mol. The SMILES string of the molecule is CCC(C)C(NC(=O)C1CCCN1C(=O)C(NC(=O)C(N)CCCN=C(N)N)C(C)C)C(=O)O. The van der Waals surface area contributed by atoms with Gasteiger partial charge in [0.1, 0.15) is 18.1 Å². The topological polar surface area (TPSA) is 206 Å². The summed E-state index contributed by atoms with van der Waals surface area (Å²) in [5.41, 5.74) is 16.5. The predicted molar refractivity (Wildman–Crippen MR) is 128 cm³/mol. The van der Waals surface area contributed by atoms with E-state index in [9.17, 15) is 24.3 Å². The molecule has 1 aliphatic heterocycles. The summed E-state index contributed by atoms with van der Waals surface area (Å²) in [5.74, 6) is -3.01. The maximum atomic E-state index is 13.3. The van der Waals surface area contributed by atoms with Crippen molar-refractivity contribution >= 4 is 29.7 Å². The van der Waals surface area contributed by atoms with Gasteiger partial charge in [-0.15, -0.1) is 0 Å². The van der Waals surface area contributed by atoms with Crippen molar-refractivity contribution < 1.29 is 24.3 Å². The number of carboxylic acids is 1. The van der Waals surface area contributed by atoms with Crippen molar-refractivity contribution in [2.24, 2.45) is 34.0 Å². The smallest absolute Gasteiger partial charge is 0.326 e. The molecule has 1 heterocycles. The van der Waals surface area contributed by atoms with E-state index in [4.69, 9.17) is 17.2 Å². The summed E-state index contributed by atoms with van der Waals surface area (Å²) in [6, 6.07) is -3.53. The molecular formula is C22H41N7O5. The quantitative estimate of drug-likeness (QED) is 0.110. The van der Waals surface area contributed by atoms with Gasteiger partial charge in [0.15, 0.2) is 5.96 Å². The Balaban J connectivity index is 2.85. The molecule has 9 N–H and O–H groups in total. The lowest BCUT2D eigenvalue weighted by Crippen LogP contribution is -2.58. The molecule has 0 spiro atoms. The predicted octanol–water partition coefficient (Wildman–Crippen LogP) is -0.885. The van der Waals surface area contributed by atoms with Crippen molar-refractivity contribution in [2.45, 2.75) is 84.0 Å². The lowest BCUT2D eigenvalue weighted by atomic mass is 9.98. The highest BCUT2D eigenvalue weighted by Gasteiger charge is 2.40. The first-order valence-electron chi connectivity index (χ1n) is 11.9. The Bertz CT molecular complexity index is 754. The number of carbonyl (C=O) groups is 4. The summed E-state index contributed by atoms with van der Waals surface area (Å²) in [6.07, 6.45) is 2.45. The Morgan fingerprint density at radius 2 is 1.76 bits per heavy atom. The van der Waals surface area contributed by atoms with Gasteiger partial charge in [0, 0.05) is 13.1 Å². The molecule has 0 radical (unpaired) electrons. The Kier molecular flexibility index (Phi) is 11.8. The van der Waals surface area contributed by atoms with Crippen molar-refractivity contribution in [2.75, 3.05) is 13.1 Å². The van der Waals surface area contributed by atoms with Gasteiger partial charge in [-0.3, -0.25) is 19.4 Å². The minimum absolute atomic E-state index is 0.0356. The average molecular weight is 484 g/mol. The fraction of sp³-hybridized carbons (Fsp3) is 0.773. The molecule has 1 saturated heterocycles. The van der Waals surface area contributed by atoms with E-state index in [2.05, 4.69) is 15.6 Å². The zero-order chi connectivity index (χ0) is 26.0. The standard InChI is InChI=1S/C22H41N7O5/c1-5-13(4)17(21(33)34)28-19(31)15-9-7-11-29(15)20(32)16(12(2)3)27-18(30)14(23)8-6-10-26-22(24)25/h12-17H,5-11,23H2,1-4H3,(H,27,30)(H,28,31)(H,33,34)(H4,24,25,26). The van der Waals surface area contributed by atoms with Crippen molar-refractivity contribution in [3.63, 3.8) is 0 Å². The van der Waals surface area contributed by atoms with E-state index in [1.807, 2.05) is 6.92 Å². The van der Waals surface area contributed by atoms with E-state index in [1.165, 1.54) is 4.90 Å². The van der Waals surface area contributed by atoms with Crippen molar-refractivity contribution in [3.05, 3.63) is 0 Å². The van der Waals surface area contributed by atoms with Crippen LogP contribution in [0.25, 0.3) is 0 Å². The van der Waals surface area contributed by atoms with Crippen LogP contribution in [0.2, 0.25) is 0 Å². The maximum Gasteiger partial charge on any atom is 0.326 e. The second-order valence-corrected chi connectivity index (χ2v) is 9.19. The third-order valence-corrected chi connectivity index (χ3v) is 6.15. The molecule has 0 aromatic carbocycles. The molecule has 0 aromatic rings. The summed E-state index contributed by atoms with van der Waals surface area (Å²) >= 11 is 0. The normalized spacial score (nSPS) is 19.1. The van der Waals surface area contributed by atoms with Gasteiger partial charge in [-0.25, -0.2) is 4.79 Å². The van der Waals surface area contributed by atoms with E-state index in [0.29, 0.717) is 45.2 Å².